The Hall–Kier alpha value is -3.88. The standard InChI is InChI=1S/C24H26FN5O3/c25-18-7-2-4-9-21(18)29-12-14-30(15-13-29)23(32)11-5-10-22(31)27-28-24(33)20-16-17-6-1-3-8-19(17)26-20/h1-4,6-9,16,26H,5,10-15H2,(H,27,31)(H,28,33). The van der Waals surface area contributed by atoms with Crippen molar-refractivity contribution >= 4 is 34.3 Å². The van der Waals surface area contributed by atoms with Gasteiger partial charge in [-0.1, -0.05) is 30.3 Å². The first-order valence-electron chi connectivity index (χ1n) is 11.0. The fourth-order valence-electron chi connectivity index (χ4n) is 3.92. The van der Waals surface area contributed by atoms with E-state index in [1.54, 1.807) is 29.2 Å². The zero-order valence-corrected chi connectivity index (χ0v) is 18.1. The molecule has 1 saturated heterocycles. The van der Waals surface area contributed by atoms with Gasteiger partial charge in [0.05, 0.1) is 5.69 Å². The van der Waals surface area contributed by atoms with Crippen LogP contribution < -0.4 is 15.8 Å². The van der Waals surface area contributed by atoms with E-state index in [2.05, 4.69) is 15.8 Å². The van der Waals surface area contributed by atoms with E-state index in [-0.39, 0.29) is 30.5 Å². The molecule has 3 amide bonds. The summed E-state index contributed by atoms with van der Waals surface area (Å²) in [5, 5.41) is 0.905. The van der Waals surface area contributed by atoms with Gasteiger partial charge in [0.2, 0.25) is 11.8 Å². The van der Waals surface area contributed by atoms with Gasteiger partial charge in [-0.15, -0.1) is 0 Å². The van der Waals surface area contributed by atoms with Crippen LogP contribution >= 0.6 is 0 Å². The van der Waals surface area contributed by atoms with Crippen molar-refractivity contribution in [1.29, 1.82) is 0 Å². The summed E-state index contributed by atoms with van der Waals surface area (Å²) in [6.07, 6.45) is 0.734. The topological polar surface area (TPSA) is 97.5 Å². The molecule has 9 heteroatoms. The van der Waals surface area contributed by atoms with Crippen molar-refractivity contribution in [2.24, 2.45) is 0 Å². The van der Waals surface area contributed by atoms with E-state index in [9.17, 15) is 18.8 Å². The SMILES string of the molecule is O=C(CCCC(=O)N1CCN(c2ccccc2F)CC1)NNC(=O)c1cc2ccccc2[nH]1. The number of anilines is 1. The highest BCUT2D eigenvalue weighted by Crippen LogP contribution is 2.20. The van der Waals surface area contributed by atoms with Crippen molar-refractivity contribution in [2.75, 3.05) is 31.1 Å². The third-order valence-electron chi connectivity index (χ3n) is 5.71. The molecule has 0 aliphatic carbocycles. The number of piperazine rings is 1. The zero-order valence-electron chi connectivity index (χ0n) is 18.1. The molecular formula is C24H26FN5O3. The molecule has 1 aromatic heterocycles. The molecule has 2 heterocycles. The van der Waals surface area contributed by atoms with Gasteiger partial charge in [0.1, 0.15) is 11.5 Å². The van der Waals surface area contributed by atoms with Crippen molar-refractivity contribution < 1.29 is 18.8 Å². The van der Waals surface area contributed by atoms with Gasteiger partial charge in [-0.05, 0) is 30.7 Å². The summed E-state index contributed by atoms with van der Waals surface area (Å²) in [7, 11) is 0. The van der Waals surface area contributed by atoms with Crippen molar-refractivity contribution in [2.45, 2.75) is 19.3 Å². The number of aromatic amines is 1. The Balaban J connectivity index is 1.15. The quantitative estimate of drug-likeness (QED) is 0.502. The Morgan fingerprint density at radius 1 is 0.909 bits per heavy atom. The van der Waals surface area contributed by atoms with Gasteiger partial charge < -0.3 is 14.8 Å². The van der Waals surface area contributed by atoms with Crippen LogP contribution in [-0.2, 0) is 9.59 Å². The molecule has 1 aliphatic heterocycles. The van der Waals surface area contributed by atoms with Crippen LogP contribution in [-0.4, -0.2) is 53.8 Å². The number of carbonyl (C=O) groups excluding carboxylic acids is 3. The molecule has 0 bridgehead atoms. The summed E-state index contributed by atoms with van der Waals surface area (Å²) >= 11 is 0. The maximum Gasteiger partial charge on any atom is 0.286 e. The molecule has 172 valence electrons. The summed E-state index contributed by atoms with van der Waals surface area (Å²) in [6, 6.07) is 15.8. The fourth-order valence-corrected chi connectivity index (χ4v) is 3.92. The molecule has 0 spiro atoms. The van der Waals surface area contributed by atoms with Crippen molar-refractivity contribution in [3.05, 3.63) is 66.1 Å². The molecule has 33 heavy (non-hydrogen) atoms. The monoisotopic (exact) mass is 451 g/mol. The third kappa shape index (κ3) is 5.49. The second-order valence-corrected chi connectivity index (χ2v) is 7.95. The van der Waals surface area contributed by atoms with Crippen LogP contribution in [0.15, 0.2) is 54.6 Å². The third-order valence-corrected chi connectivity index (χ3v) is 5.71. The number of hydrogen-bond donors (Lipinski definition) is 3. The molecule has 0 unspecified atom stereocenters. The number of halogens is 1. The normalized spacial score (nSPS) is 13.7. The first-order valence-corrected chi connectivity index (χ1v) is 11.0. The van der Waals surface area contributed by atoms with Crippen LogP contribution in [0, 0.1) is 5.82 Å². The van der Waals surface area contributed by atoms with Crippen molar-refractivity contribution in [1.82, 2.24) is 20.7 Å². The number of fused-ring (bicyclic) bond motifs is 1. The van der Waals surface area contributed by atoms with Crippen LogP contribution in [0.2, 0.25) is 0 Å². The van der Waals surface area contributed by atoms with E-state index >= 15 is 0 Å². The van der Waals surface area contributed by atoms with Gasteiger partial charge in [-0.3, -0.25) is 25.2 Å². The molecule has 0 radical (unpaired) electrons. The molecule has 4 rings (SSSR count). The first-order chi connectivity index (χ1) is 16.0. The van der Waals surface area contributed by atoms with Crippen LogP contribution in [0.1, 0.15) is 29.8 Å². The average molecular weight is 452 g/mol. The molecular weight excluding hydrogens is 425 g/mol. The molecule has 3 N–H and O–H groups in total. The lowest BCUT2D eigenvalue weighted by Gasteiger charge is -2.36. The highest BCUT2D eigenvalue weighted by molar-refractivity contribution is 5.98. The molecule has 1 fully saturated rings. The lowest BCUT2D eigenvalue weighted by atomic mass is 10.2. The minimum atomic E-state index is -0.441. The number of nitrogens with zero attached hydrogens (tertiary/aromatic N) is 2. The smallest absolute Gasteiger partial charge is 0.286 e. The molecule has 1 aliphatic rings. The van der Waals surface area contributed by atoms with Crippen molar-refractivity contribution in [3.8, 4) is 0 Å². The maximum atomic E-state index is 13.9. The minimum absolute atomic E-state index is 0.0295. The van der Waals surface area contributed by atoms with Gasteiger partial charge >= 0.3 is 0 Å². The average Bonchev–Trinajstić information content (AvgIpc) is 3.27. The Bertz CT molecular complexity index is 1120. The lowest BCUT2D eigenvalue weighted by Crippen LogP contribution is -2.49. The Labute approximate surface area is 190 Å². The number of aromatic nitrogens is 1. The van der Waals surface area contributed by atoms with Gasteiger partial charge in [0.15, 0.2) is 0 Å². The van der Waals surface area contributed by atoms with Crippen LogP contribution in [0.4, 0.5) is 10.1 Å². The Morgan fingerprint density at radius 3 is 2.39 bits per heavy atom. The number of amides is 3. The summed E-state index contributed by atoms with van der Waals surface area (Å²) in [4.78, 5) is 43.4. The first kappa shape index (κ1) is 22.3. The summed E-state index contributed by atoms with van der Waals surface area (Å²) in [5.41, 5.74) is 6.50. The van der Waals surface area contributed by atoms with E-state index < -0.39 is 5.91 Å². The highest BCUT2D eigenvalue weighted by Gasteiger charge is 2.22. The number of nitrogens with one attached hydrogen (secondary N) is 3. The number of carbonyl (C=O) groups is 3. The van der Waals surface area contributed by atoms with Gasteiger partial charge in [-0.25, -0.2) is 4.39 Å². The second kappa shape index (κ2) is 10.2. The number of para-hydroxylation sites is 2. The maximum absolute atomic E-state index is 13.9. The second-order valence-electron chi connectivity index (χ2n) is 7.95. The number of hydrogen-bond acceptors (Lipinski definition) is 4. The van der Waals surface area contributed by atoms with Crippen LogP contribution in [0.25, 0.3) is 10.9 Å². The predicted octanol–water partition coefficient (Wildman–Crippen LogP) is 2.59. The number of rotatable bonds is 6. The molecule has 8 nitrogen and oxygen atoms in total. The summed E-state index contributed by atoms with van der Waals surface area (Å²) in [5.74, 6) is -1.10. The minimum Gasteiger partial charge on any atom is -0.366 e. The molecule has 3 aromatic rings. The predicted molar refractivity (Wildman–Crippen MR) is 123 cm³/mol. The number of H-pyrrole nitrogens is 1. The van der Waals surface area contributed by atoms with Gasteiger partial charge in [0, 0.05) is 49.9 Å². The lowest BCUT2D eigenvalue weighted by molar-refractivity contribution is -0.131. The van der Waals surface area contributed by atoms with Crippen LogP contribution in [0.5, 0.6) is 0 Å². The number of hydrazine groups is 1. The Morgan fingerprint density at radius 2 is 1.64 bits per heavy atom. The largest absolute Gasteiger partial charge is 0.366 e. The molecule has 2 aromatic carbocycles. The number of benzene rings is 2. The van der Waals surface area contributed by atoms with Gasteiger partial charge in [-0.2, -0.15) is 0 Å². The van der Waals surface area contributed by atoms with Crippen molar-refractivity contribution in [3.63, 3.8) is 0 Å². The van der Waals surface area contributed by atoms with Crippen LogP contribution in [0.3, 0.4) is 0 Å². The zero-order chi connectivity index (χ0) is 23.2. The highest BCUT2D eigenvalue weighted by atomic mass is 19.1. The fraction of sp³-hybridized carbons (Fsp3) is 0.292. The molecule has 0 atom stereocenters. The van der Waals surface area contributed by atoms with E-state index in [4.69, 9.17) is 0 Å². The van der Waals surface area contributed by atoms with E-state index in [1.165, 1.54) is 6.07 Å². The van der Waals surface area contributed by atoms with E-state index in [0.29, 0.717) is 44.0 Å². The Kier molecular flexibility index (Phi) is 6.87. The summed E-state index contributed by atoms with van der Waals surface area (Å²) < 4.78 is 13.9. The van der Waals surface area contributed by atoms with E-state index in [1.807, 2.05) is 29.2 Å². The molecule has 0 saturated carbocycles. The van der Waals surface area contributed by atoms with Gasteiger partial charge in [0.25, 0.3) is 5.91 Å². The van der Waals surface area contributed by atoms with E-state index in [0.717, 1.165) is 10.9 Å². The summed E-state index contributed by atoms with van der Waals surface area (Å²) in [6.45, 7) is 2.15.